The SMILES string of the molecule is Brc1ccc2oc3ccc(Br)cc3c2c1.OB(O)c1ccccc1.c1ccc(-c2ccc3oc4ccc(-c5ccccc5)cc4c3c2)cc1. The third-order valence-electron chi connectivity index (χ3n) is 8.17. The second-order valence-electron chi connectivity index (χ2n) is 11.4. The standard InChI is InChI=1S/C24H16O.C12H6Br2O.C6H7BO2/c1-3-7-17(8-4-1)19-11-13-23-21(15-19)22-16-20(12-14-24(22)25-23)18-9-5-2-6-10-18;13-7-1-3-11-9(5-7)10-6-8(14)2-4-12(10)15-11;8-7(9)6-4-2-1-3-5-6/h1-16H;1-6H;1-5,8-9H. The summed E-state index contributed by atoms with van der Waals surface area (Å²) in [5, 5.41) is 21.8. The molecule has 0 saturated heterocycles. The van der Waals surface area contributed by atoms with Crippen molar-refractivity contribution in [2.24, 2.45) is 0 Å². The van der Waals surface area contributed by atoms with Gasteiger partial charge in [-0.3, -0.25) is 0 Å². The van der Waals surface area contributed by atoms with E-state index in [1.165, 1.54) is 22.3 Å². The van der Waals surface area contributed by atoms with E-state index in [-0.39, 0.29) is 0 Å². The van der Waals surface area contributed by atoms with E-state index in [0.29, 0.717) is 5.46 Å². The van der Waals surface area contributed by atoms with E-state index < -0.39 is 7.12 Å². The molecule has 0 amide bonds. The van der Waals surface area contributed by atoms with Crippen LogP contribution in [0.4, 0.5) is 0 Å². The summed E-state index contributed by atoms with van der Waals surface area (Å²) in [6.45, 7) is 0. The lowest BCUT2D eigenvalue weighted by Crippen LogP contribution is -2.29. The van der Waals surface area contributed by atoms with Gasteiger partial charge >= 0.3 is 7.12 Å². The highest BCUT2D eigenvalue weighted by molar-refractivity contribution is 9.10. The highest BCUT2D eigenvalue weighted by Gasteiger charge is 2.11. The Kier molecular flexibility index (Phi) is 9.78. The Balaban J connectivity index is 0.000000133. The van der Waals surface area contributed by atoms with Crippen molar-refractivity contribution in [1.29, 1.82) is 0 Å². The summed E-state index contributed by atoms with van der Waals surface area (Å²) < 4.78 is 13.9. The maximum atomic E-state index is 8.58. The van der Waals surface area contributed by atoms with Crippen LogP contribution < -0.4 is 5.46 Å². The molecule has 2 aromatic heterocycles. The molecule has 0 spiro atoms. The van der Waals surface area contributed by atoms with Crippen molar-refractivity contribution in [1.82, 2.24) is 0 Å². The molecule has 9 aromatic rings. The van der Waals surface area contributed by atoms with Gasteiger partial charge in [0.15, 0.2) is 0 Å². The Labute approximate surface area is 300 Å². The van der Waals surface area contributed by atoms with E-state index in [2.05, 4.69) is 129 Å². The van der Waals surface area contributed by atoms with Crippen LogP contribution in [0.5, 0.6) is 0 Å². The fourth-order valence-corrected chi connectivity index (χ4v) is 6.47. The number of hydrogen-bond acceptors (Lipinski definition) is 4. The van der Waals surface area contributed by atoms with Gasteiger partial charge in [-0.25, -0.2) is 0 Å². The molecular weight excluding hydrogens is 739 g/mol. The predicted octanol–water partition coefficient (Wildman–Crippen LogP) is 11.4. The van der Waals surface area contributed by atoms with Crippen molar-refractivity contribution in [2.75, 3.05) is 0 Å². The van der Waals surface area contributed by atoms with Crippen LogP contribution in [0.15, 0.2) is 182 Å². The summed E-state index contributed by atoms with van der Waals surface area (Å²) in [7, 11) is -1.34. The van der Waals surface area contributed by atoms with Crippen LogP contribution in [0.25, 0.3) is 66.1 Å². The highest BCUT2D eigenvalue weighted by atomic mass is 79.9. The van der Waals surface area contributed by atoms with Crippen LogP contribution in [0, 0.1) is 0 Å². The van der Waals surface area contributed by atoms with Crippen molar-refractivity contribution in [2.45, 2.75) is 0 Å². The minimum absolute atomic E-state index is 0.525. The van der Waals surface area contributed by atoms with Gasteiger partial charge < -0.3 is 18.9 Å². The Bertz CT molecular complexity index is 2340. The van der Waals surface area contributed by atoms with E-state index >= 15 is 0 Å². The lowest BCUT2D eigenvalue weighted by molar-refractivity contribution is 0.426. The van der Waals surface area contributed by atoms with Crippen LogP contribution in [0.2, 0.25) is 0 Å². The molecular formula is C42H29BBr2O4. The number of halogens is 2. The van der Waals surface area contributed by atoms with Crippen molar-refractivity contribution in [3.63, 3.8) is 0 Å². The molecule has 7 aromatic carbocycles. The van der Waals surface area contributed by atoms with E-state index in [0.717, 1.165) is 52.8 Å². The van der Waals surface area contributed by atoms with Gasteiger partial charge in [-0.1, -0.05) is 135 Å². The Morgan fingerprint density at radius 3 is 1.08 bits per heavy atom. The first kappa shape index (κ1) is 32.6. The van der Waals surface area contributed by atoms with Gasteiger partial charge in [-0.15, -0.1) is 0 Å². The van der Waals surface area contributed by atoms with Gasteiger partial charge in [-0.2, -0.15) is 0 Å². The zero-order chi connectivity index (χ0) is 33.7. The monoisotopic (exact) mass is 766 g/mol. The predicted molar refractivity (Wildman–Crippen MR) is 210 cm³/mol. The van der Waals surface area contributed by atoms with Gasteiger partial charge in [0.2, 0.25) is 0 Å². The molecule has 2 heterocycles. The van der Waals surface area contributed by atoms with Crippen molar-refractivity contribution >= 4 is 88.3 Å². The maximum absolute atomic E-state index is 8.58. The topological polar surface area (TPSA) is 66.7 Å². The molecule has 0 bridgehead atoms. The molecule has 0 unspecified atom stereocenters. The zero-order valence-electron chi connectivity index (χ0n) is 26.1. The molecule has 49 heavy (non-hydrogen) atoms. The molecule has 9 rings (SSSR count). The lowest BCUT2D eigenvalue weighted by atomic mass is 9.81. The number of rotatable bonds is 3. The number of hydrogen-bond donors (Lipinski definition) is 2. The molecule has 0 radical (unpaired) electrons. The zero-order valence-corrected chi connectivity index (χ0v) is 29.3. The second kappa shape index (κ2) is 14.7. The van der Waals surface area contributed by atoms with E-state index in [9.17, 15) is 0 Å². The molecule has 4 nitrogen and oxygen atoms in total. The summed E-state index contributed by atoms with van der Waals surface area (Å²) in [5.74, 6) is 0. The van der Waals surface area contributed by atoms with E-state index in [4.69, 9.17) is 18.9 Å². The molecule has 0 saturated carbocycles. The minimum atomic E-state index is -1.34. The molecule has 0 aliphatic heterocycles. The highest BCUT2D eigenvalue weighted by Crippen LogP contribution is 2.35. The van der Waals surface area contributed by atoms with Crippen LogP contribution in [-0.2, 0) is 0 Å². The number of fused-ring (bicyclic) bond motifs is 6. The molecule has 238 valence electrons. The first-order valence-electron chi connectivity index (χ1n) is 15.7. The second-order valence-corrected chi connectivity index (χ2v) is 13.3. The van der Waals surface area contributed by atoms with Crippen LogP contribution in [0.3, 0.4) is 0 Å². The van der Waals surface area contributed by atoms with Crippen molar-refractivity contribution in [3.8, 4) is 22.3 Å². The van der Waals surface area contributed by atoms with Crippen LogP contribution in [-0.4, -0.2) is 17.2 Å². The largest absolute Gasteiger partial charge is 0.488 e. The average molecular weight is 768 g/mol. The van der Waals surface area contributed by atoms with Gasteiger partial charge in [0.05, 0.1) is 0 Å². The molecule has 2 N–H and O–H groups in total. The Morgan fingerprint density at radius 1 is 0.367 bits per heavy atom. The first-order valence-corrected chi connectivity index (χ1v) is 17.3. The Hall–Kier alpha value is -4.92. The normalized spacial score (nSPS) is 10.9. The summed E-state index contributed by atoms with van der Waals surface area (Å²) in [4.78, 5) is 0. The van der Waals surface area contributed by atoms with Gasteiger partial charge in [0.25, 0.3) is 0 Å². The van der Waals surface area contributed by atoms with Gasteiger partial charge in [0.1, 0.15) is 22.3 Å². The van der Waals surface area contributed by atoms with E-state index in [1.807, 2.05) is 42.5 Å². The molecule has 0 fully saturated rings. The summed E-state index contributed by atoms with van der Waals surface area (Å²) in [6, 6.07) is 54.5. The maximum Gasteiger partial charge on any atom is 0.488 e. The molecule has 0 atom stereocenters. The average Bonchev–Trinajstić information content (AvgIpc) is 3.70. The van der Waals surface area contributed by atoms with Crippen LogP contribution >= 0.6 is 31.9 Å². The smallest absolute Gasteiger partial charge is 0.456 e. The number of furan rings is 2. The van der Waals surface area contributed by atoms with Crippen molar-refractivity contribution in [3.05, 3.63) is 173 Å². The number of benzene rings is 7. The molecule has 0 aliphatic carbocycles. The first-order chi connectivity index (χ1) is 23.9. The van der Waals surface area contributed by atoms with Gasteiger partial charge in [-0.05, 0) is 88.4 Å². The Morgan fingerprint density at radius 2 is 0.714 bits per heavy atom. The summed E-state index contributed by atoms with van der Waals surface area (Å²) in [5.41, 5.74) is 9.09. The molecule has 7 heteroatoms. The summed E-state index contributed by atoms with van der Waals surface area (Å²) >= 11 is 6.94. The fraction of sp³-hybridized carbons (Fsp3) is 0. The quantitative estimate of drug-likeness (QED) is 0.176. The van der Waals surface area contributed by atoms with E-state index in [1.54, 1.807) is 24.3 Å². The summed E-state index contributed by atoms with van der Waals surface area (Å²) in [6.07, 6.45) is 0. The lowest BCUT2D eigenvalue weighted by Gasteiger charge is -2.02. The third-order valence-corrected chi connectivity index (χ3v) is 9.16. The minimum Gasteiger partial charge on any atom is -0.456 e. The fourth-order valence-electron chi connectivity index (χ4n) is 5.74. The third kappa shape index (κ3) is 7.41. The van der Waals surface area contributed by atoms with Crippen molar-refractivity contribution < 1.29 is 18.9 Å². The van der Waals surface area contributed by atoms with Gasteiger partial charge in [0, 0.05) is 30.5 Å². The van der Waals surface area contributed by atoms with Crippen LogP contribution in [0.1, 0.15) is 0 Å². The molecule has 0 aliphatic rings.